The highest BCUT2D eigenvalue weighted by Gasteiger charge is 2.60. The molecule has 1 rings (SSSR count). The van der Waals surface area contributed by atoms with E-state index in [1.807, 2.05) is 0 Å². The molecule has 1 aliphatic heterocycles. The van der Waals surface area contributed by atoms with Crippen LogP contribution in [0.4, 0.5) is 52.7 Å². The van der Waals surface area contributed by atoms with E-state index < -0.39 is 81.1 Å². The van der Waals surface area contributed by atoms with E-state index >= 15 is 0 Å². The number of aliphatic hydroxyl groups is 2. The molecule has 0 aromatic carbocycles. The van der Waals surface area contributed by atoms with Gasteiger partial charge in [-0.1, -0.05) is 6.92 Å². The number of rotatable bonds is 28. The normalized spacial score (nSPS) is 19.8. The molecule has 0 aromatic rings. The number of unbranched alkanes of at least 4 members (excludes halogenated alkanes) is 3. The van der Waals surface area contributed by atoms with Gasteiger partial charge in [-0.05, 0) is 71.4 Å². The molecule has 0 aliphatic carbocycles. The average molecular weight is 805 g/mol. The van der Waals surface area contributed by atoms with Gasteiger partial charge in [0, 0.05) is 72.7 Å². The van der Waals surface area contributed by atoms with Crippen LogP contribution in [0, 0.1) is 5.92 Å². The van der Waals surface area contributed by atoms with E-state index in [2.05, 4.69) is 0 Å². The van der Waals surface area contributed by atoms with Gasteiger partial charge in [-0.25, -0.2) is 0 Å². The van der Waals surface area contributed by atoms with E-state index in [0.29, 0.717) is 35.7 Å². The van der Waals surface area contributed by atoms with Crippen molar-refractivity contribution >= 4 is 0 Å². The van der Waals surface area contributed by atoms with Crippen LogP contribution < -0.4 is 0 Å². The van der Waals surface area contributed by atoms with Gasteiger partial charge in [0.2, 0.25) is 12.5 Å². The quantitative estimate of drug-likeness (QED) is 0.0414. The molecule has 0 saturated carbocycles. The molecule has 1 fully saturated rings. The van der Waals surface area contributed by atoms with Crippen molar-refractivity contribution in [3.8, 4) is 0 Å². The number of halogens is 12. The summed E-state index contributed by atoms with van der Waals surface area (Å²) in [6, 6.07) is -1.10. The van der Waals surface area contributed by atoms with Crippen molar-refractivity contribution in [1.29, 1.82) is 0 Å². The summed E-state index contributed by atoms with van der Waals surface area (Å²) in [6.07, 6.45) is -26.8. The molecule has 0 bridgehead atoms. The third-order valence-electron chi connectivity index (χ3n) is 9.25. The first-order chi connectivity index (χ1) is 24.5. The summed E-state index contributed by atoms with van der Waals surface area (Å²) >= 11 is 0. The molecule has 6 atom stereocenters. The zero-order valence-corrected chi connectivity index (χ0v) is 30.6. The summed E-state index contributed by atoms with van der Waals surface area (Å²) in [7, 11) is 2.87. The molecule has 0 aromatic heterocycles. The van der Waals surface area contributed by atoms with Crippen molar-refractivity contribution < 1.29 is 77.1 Å². The molecule has 1 aliphatic rings. The van der Waals surface area contributed by atoms with Gasteiger partial charge < -0.3 is 29.3 Å². The van der Waals surface area contributed by atoms with Crippen molar-refractivity contribution in [2.75, 3.05) is 79.8 Å². The maximum absolute atomic E-state index is 13.7. The Hall–Kier alpha value is -1.20. The largest absolute Gasteiger partial charge is 0.428 e. The van der Waals surface area contributed by atoms with E-state index in [0.717, 1.165) is 6.92 Å². The van der Waals surface area contributed by atoms with E-state index in [-0.39, 0.29) is 71.4 Å². The Morgan fingerprint density at radius 2 is 0.887 bits per heavy atom. The van der Waals surface area contributed by atoms with E-state index in [9.17, 15) is 62.9 Å². The number of hydrogen-bond acceptors (Lipinski definition) is 9. The minimum atomic E-state index is -5.11. The van der Waals surface area contributed by atoms with Crippen LogP contribution in [0.1, 0.15) is 65.2 Å². The van der Waals surface area contributed by atoms with Crippen LogP contribution >= 0.6 is 0 Å². The number of epoxide rings is 1. The van der Waals surface area contributed by atoms with Crippen molar-refractivity contribution in [2.24, 2.45) is 5.92 Å². The van der Waals surface area contributed by atoms with Gasteiger partial charge in [-0.15, -0.1) is 0 Å². The van der Waals surface area contributed by atoms with Crippen LogP contribution in [0.3, 0.4) is 0 Å². The molecule has 0 spiro atoms. The summed E-state index contributed by atoms with van der Waals surface area (Å²) in [4.78, 5) is 4.24. The lowest BCUT2D eigenvalue weighted by atomic mass is 10.0. The Kier molecular flexibility index (Phi) is 21.7. The van der Waals surface area contributed by atoms with Gasteiger partial charge in [0.1, 0.15) is 6.23 Å². The highest BCUT2D eigenvalue weighted by atomic mass is 19.4. The standard InChI is InChI=1S/C32H56F12N4O5/c1-23(29(33,34)35)24(2)45(17-11-18-46(14-7-9-21-51-3)26-25(53-26)30(36,37)38)13-5-6-15-47(27(49)31(39,40)41)19-12-20-48(16-8-10-22-52-4)28(50)32(42,43)44/h23-28,49-50H,5-22H2,1-4H3. The topological polar surface area (TPSA) is 84.4 Å². The van der Waals surface area contributed by atoms with Crippen LogP contribution in [0.5, 0.6) is 0 Å². The lowest BCUT2D eigenvalue weighted by molar-refractivity contribution is -0.254. The van der Waals surface area contributed by atoms with Gasteiger partial charge in [0.25, 0.3) is 0 Å². The summed E-state index contributed by atoms with van der Waals surface area (Å²) in [5.41, 5.74) is 0. The van der Waals surface area contributed by atoms with Gasteiger partial charge in [-0.3, -0.25) is 14.7 Å². The Labute approximate surface area is 303 Å². The van der Waals surface area contributed by atoms with E-state index in [1.54, 1.807) is 0 Å². The van der Waals surface area contributed by atoms with Crippen molar-refractivity contribution in [1.82, 2.24) is 19.6 Å². The molecule has 9 nitrogen and oxygen atoms in total. The zero-order chi connectivity index (χ0) is 40.6. The van der Waals surface area contributed by atoms with Crippen LogP contribution in [0.25, 0.3) is 0 Å². The summed E-state index contributed by atoms with van der Waals surface area (Å²) in [5, 5.41) is 19.8. The van der Waals surface area contributed by atoms with E-state index in [4.69, 9.17) is 14.2 Å². The molecular formula is C32H56F12N4O5. The highest BCUT2D eigenvalue weighted by Crippen LogP contribution is 2.40. The number of ether oxygens (including phenoxy) is 3. The molecular weight excluding hydrogens is 748 g/mol. The molecule has 53 heavy (non-hydrogen) atoms. The molecule has 0 amide bonds. The van der Waals surface area contributed by atoms with Crippen LogP contribution in [-0.4, -0.2) is 165 Å². The first-order valence-electron chi connectivity index (χ1n) is 17.7. The molecule has 21 heteroatoms. The second-order valence-electron chi connectivity index (χ2n) is 13.3. The minimum Gasteiger partial charge on any atom is -0.385 e. The maximum atomic E-state index is 13.7. The van der Waals surface area contributed by atoms with E-state index in [1.165, 1.54) is 30.9 Å². The van der Waals surface area contributed by atoms with Gasteiger partial charge >= 0.3 is 24.7 Å². The first kappa shape index (κ1) is 49.8. The summed E-state index contributed by atoms with van der Waals surface area (Å²) in [6.45, 7) is 1.66. The Morgan fingerprint density at radius 3 is 1.28 bits per heavy atom. The third-order valence-corrected chi connectivity index (χ3v) is 9.25. The number of methoxy groups -OCH3 is 2. The van der Waals surface area contributed by atoms with Gasteiger partial charge in [0.15, 0.2) is 6.10 Å². The summed E-state index contributed by atoms with van der Waals surface area (Å²) in [5.74, 6) is -1.82. The van der Waals surface area contributed by atoms with Gasteiger partial charge in [-0.2, -0.15) is 52.7 Å². The molecule has 1 heterocycles. The first-order valence-corrected chi connectivity index (χ1v) is 17.7. The number of alkyl halides is 12. The second kappa shape index (κ2) is 23.1. The number of nitrogens with zero attached hydrogens (tertiary/aromatic N) is 4. The van der Waals surface area contributed by atoms with Crippen molar-refractivity contribution in [3.05, 3.63) is 0 Å². The predicted octanol–water partition coefficient (Wildman–Crippen LogP) is 6.24. The predicted molar refractivity (Wildman–Crippen MR) is 171 cm³/mol. The smallest absolute Gasteiger partial charge is 0.385 e. The molecule has 6 unspecified atom stereocenters. The van der Waals surface area contributed by atoms with Gasteiger partial charge in [0.05, 0.1) is 5.92 Å². The SMILES string of the molecule is COCCCCN(CCCN(CCCCN(CCCN(CCCCOC)C(O)C(F)(F)F)C(O)C(F)(F)F)C(C)C(C)C(F)(F)F)C1OC1C(F)(F)F. The third kappa shape index (κ3) is 19.0. The maximum Gasteiger partial charge on any atom is 0.428 e. The van der Waals surface area contributed by atoms with Crippen molar-refractivity contribution in [3.63, 3.8) is 0 Å². The fourth-order valence-corrected chi connectivity index (χ4v) is 5.93. The summed E-state index contributed by atoms with van der Waals surface area (Å²) < 4.78 is 176. The van der Waals surface area contributed by atoms with Crippen LogP contribution in [0.15, 0.2) is 0 Å². The second-order valence-corrected chi connectivity index (χ2v) is 13.3. The minimum absolute atomic E-state index is 0.0240. The number of hydrogen-bond donors (Lipinski definition) is 2. The van der Waals surface area contributed by atoms with Crippen LogP contribution in [0.2, 0.25) is 0 Å². The highest BCUT2D eigenvalue weighted by molar-refractivity contribution is 4.91. The average Bonchev–Trinajstić information content (AvgIpc) is 3.86. The Morgan fingerprint density at radius 1 is 0.528 bits per heavy atom. The fraction of sp³-hybridized carbons (Fsp3) is 1.00. The monoisotopic (exact) mass is 804 g/mol. The molecule has 2 N–H and O–H groups in total. The fourth-order valence-electron chi connectivity index (χ4n) is 5.93. The number of aliphatic hydroxyl groups excluding tert-OH is 2. The zero-order valence-electron chi connectivity index (χ0n) is 30.6. The lowest BCUT2D eigenvalue weighted by Gasteiger charge is -2.35. The lowest BCUT2D eigenvalue weighted by Crippen LogP contribution is -2.49. The Balaban J connectivity index is 2.94. The van der Waals surface area contributed by atoms with Crippen LogP contribution in [-0.2, 0) is 14.2 Å². The molecule has 0 radical (unpaired) electrons. The molecule has 1 saturated heterocycles. The molecule has 318 valence electrons. The van der Waals surface area contributed by atoms with Crippen molar-refractivity contribution in [2.45, 2.75) is 121 Å². The Bertz CT molecular complexity index is 977.